The van der Waals surface area contributed by atoms with Gasteiger partial charge in [0.15, 0.2) is 6.61 Å². The van der Waals surface area contributed by atoms with Crippen LogP contribution in [0, 0.1) is 0 Å². The molecule has 8 heteroatoms. The maximum Gasteiger partial charge on any atom is 0.325 e. The minimum Gasteiger partial charge on any atom is -0.496 e. The molecule has 0 fully saturated rings. The summed E-state index contributed by atoms with van der Waals surface area (Å²) >= 11 is 4.52. The number of esters is 1. The van der Waals surface area contributed by atoms with Crippen molar-refractivity contribution in [2.45, 2.75) is 0 Å². The van der Waals surface area contributed by atoms with Crippen LogP contribution in [0.4, 0.5) is 0 Å². The number of benzene rings is 1. The average molecular weight is 412 g/mol. The van der Waals surface area contributed by atoms with Crippen LogP contribution in [0.3, 0.4) is 0 Å². The number of nitrogens with one attached hydrogen (secondary N) is 1. The second-order valence-electron chi connectivity index (χ2n) is 4.57. The highest BCUT2D eigenvalue weighted by Crippen LogP contribution is 2.22. The molecule has 2 aromatic rings. The summed E-state index contributed by atoms with van der Waals surface area (Å²) in [5.74, 6) is -1.04. The molecular weight excluding hydrogens is 398 g/mol. The molecule has 1 N–H and O–H groups in total. The third-order valence-corrected chi connectivity index (χ3v) is 4.62. The van der Waals surface area contributed by atoms with Gasteiger partial charge in [-0.3, -0.25) is 14.4 Å². The van der Waals surface area contributed by atoms with Crippen LogP contribution in [0.5, 0.6) is 5.75 Å². The first kappa shape index (κ1) is 18.2. The number of ketones is 1. The van der Waals surface area contributed by atoms with Crippen LogP contribution < -0.4 is 10.1 Å². The summed E-state index contributed by atoms with van der Waals surface area (Å²) in [5.41, 5.74) is 0.312. The summed E-state index contributed by atoms with van der Waals surface area (Å²) in [4.78, 5) is 36.0. The van der Waals surface area contributed by atoms with E-state index in [0.29, 0.717) is 16.2 Å². The molecule has 1 amide bonds. The van der Waals surface area contributed by atoms with Crippen molar-refractivity contribution in [2.75, 3.05) is 20.3 Å². The molecule has 0 spiro atoms. The van der Waals surface area contributed by atoms with E-state index < -0.39 is 11.9 Å². The Morgan fingerprint density at radius 1 is 1.17 bits per heavy atom. The van der Waals surface area contributed by atoms with Crippen molar-refractivity contribution >= 4 is 44.9 Å². The van der Waals surface area contributed by atoms with E-state index in [0.717, 1.165) is 3.79 Å². The zero-order chi connectivity index (χ0) is 17.5. The number of halogens is 1. The standard InChI is InChI=1S/C16H14BrNO5S/c1-22-12-5-3-2-4-10(12)16(21)18-8-15(20)23-9-11(19)13-6-7-14(17)24-13/h2-7H,8-9H2,1H3,(H,18,21). The minimum absolute atomic E-state index is 0.296. The molecule has 0 bridgehead atoms. The average Bonchev–Trinajstić information content (AvgIpc) is 3.04. The van der Waals surface area contributed by atoms with Crippen molar-refractivity contribution in [3.8, 4) is 5.75 Å². The lowest BCUT2D eigenvalue weighted by atomic mass is 10.2. The van der Waals surface area contributed by atoms with Gasteiger partial charge in [-0.15, -0.1) is 11.3 Å². The zero-order valence-corrected chi connectivity index (χ0v) is 15.1. The van der Waals surface area contributed by atoms with Gasteiger partial charge in [0.1, 0.15) is 12.3 Å². The third kappa shape index (κ3) is 4.90. The fourth-order valence-corrected chi connectivity index (χ4v) is 3.12. The fraction of sp³-hybridized carbons (Fsp3) is 0.188. The first-order valence-corrected chi connectivity index (χ1v) is 8.47. The summed E-state index contributed by atoms with van der Waals surface area (Å²) in [6.07, 6.45) is 0. The smallest absolute Gasteiger partial charge is 0.325 e. The Hall–Kier alpha value is -2.19. The number of rotatable bonds is 7. The van der Waals surface area contributed by atoms with E-state index >= 15 is 0 Å². The molecule has 6 nitrogen and oxygen atoms in total. The normalized spacial score (nSPS) is 10.1. The number of Topliss-reactive ketones (excluding diaryl/α,β-unsaturated/α-hetero) is 1. The Morgan fingerprint density at radius 3 is 2.58 bits per heavy atom. The highest BCUT2D eigenvalue weighted by Gasteiger charge is 2.15. The number of ether oxygens (including phenoxy) is 2. The van der Waals surface area contributed by atoms with Crippen molar-refractivity contribution in [3.63, 3.8) is 0 Å². The van der Waals surface area contributed by atoms with Crippen molar-refractivity contribution in [1.29, 1.82) is 0 Å². The summed E-state index contributed by atoms with van der Waals surface area (Å²) in [5, 5.41) is 2.43. The predicted molar refractivity (Wildman–Crippen MR) is 92.6 cm³/mol. The fourth-order valence-electron chi connectivity index (χ4n) is 1.81. The molecule has 0 radical (unpaired) electrons. The van der Waals surface area contributed by atoms with Gasteiger partial charge in [0.25, 0.3) is 5.91 Å². The Morgan fingerprint density at radius 2 is 1.92 bits per heavy atom. The monoisotopic (exact) mass is 411 g/mol. The molecule has 2 rings (SSSR count). The van der Waals surface area contributed by atoms with Gasteiger partial charge in [0.05, 0.1) is 21.3 Å². The number of hydrogen-bond donors (Lipinski definition) is 1. The van der Waals surface area contributed by atoms with E-state index in [2.05, 4.69) is 21.2 Å². The number of thiophene rings is 1. The number of carbonyl (C=O) groups is 3. The Balaban J connectivity index is 1.80. The maximum atomic E-state index is 12.0. The van der Waals surface area contributed by atoms with Crippen LogP contribution in [0.2, 0.25) is 0 Å². The van der Waals surface area contributed by atoms with E-state index in [1.807, 2.05) is 0 Å². The van der Waals surface area contributed by atoms with Crippen LogP contribution in [0.15, 0.2) is 40.2 Å². The molecule has 0 atom stereocenters. The SMILES string of the molecule is COc1ccccc1C(=O)NCC(=O)OCC(=O)c1ccc(Br)s1. The van der Waals surface area contributed by atoms with Crippen molar-refractivity contribution in [1.82, 2.24) is 5.32 Å². The van der Waals surface area contributed by atoms with E-state index in [1.165, 1.54) is 18.4 Å². The highest BCUT2D eigenvalue weighted by molar-refractivity contribution is 9.11. The molecule has 0 saturated carbocycles. The molecule has 1 heterocycles. The number of methoxy groups -OCH3 is 1. The lowest BCUT2D eigenvalue weighted by Crippen LogP contribution is -2.31. The molecule has 0 unspecified atom stereocenters. The number of para-hydroxylation sites is 1. The van der Waals surface area contributed by atoms with Crippen LogP contribution in [-0.2, 0) is 9.53 Å². The largest absolute Gasteiger partial charge is 0.496 e. The van der Waals surface area contributed by atoms with E-state index in [1.54, 1.807) is 36.4 Å². The number of amides is 1. The molecule has 0 aliphatic carbocycles. The van der Waals surface area contributed by atoms with Gasteiger partial charge >= 0.3 is 5.97 Å². The van der Waals surface area contributed by atoms with Gasteiger partial charge in [0, 0.05) is 0 Å². The second-order valence-corrected chi connectivity index (χ2v) is 7.03. The van der Waals surface area contributed by atoms with Crippen LogP contribution in [0.1, 0.15) is 20.0 Å². The molecule has 24 heavy (non-hydrogen) atoms. The van der Waals surface area contributed by atoms with Crippen LogP contribution in [-0.4, -0.2) is 37.9 Å². The quantitative estimate of drug-likeness (QED) is 0.559. The van der Waals surface area contributed by atoms with E-state index in [9.17, 15) is 14.4 Å². The van der Waals surface area contributed by atoms with Crippen molar-refractivity contribution in [2.24, 2.45) is 0 Å². The molecule has 1 aromatic carbocycles. The van der Waals surface area contributed by atoms with Crippen molar-refractivity contribution in [3.05, 3.63) is 50.6 Å². The predicted octanol–water partition coefficient (Wildman–Crippen LogP) is 2.68. The molecular formula is C16H14BrNO5S. The number of carbonyl (C=O) groups excluding carboxylic acids is 3. The van der Waals surface area contributed by atoms with E-state index in [-0.39, 0.29) is 18.9 Å². The first-order chi connectivity index (χ1) is 11.5. The summed E-state index contributed by atoms with van der Waals surface area (Å²) in [6.45, 7) is -0.700. The Kier molecular flexibility index (Phi) is 6.51. The lowest BCUT2D eigenvalue weighted by molar-refractivity contribution is -0.141. The molecule has 0 saturated heterocycles. The Labute approximate surface area is 150 Å². The van der Waals surface area contributed by atoms with E-state index in [4.69, 9.17) is 9.47 Å². The van der Waals surface area contributed by atoms with Gasteiger partial charge in [-0.1, -0.05) is 12.1 Å². The van der Waals surface area contributed by atoms with Crippen LogP contribution in [0.25, 0.3) is 0 Å². The van der Waals surface area contributed by atoms with Gasteiger partial charge in [-0.25, -0.2) is 0 Å². The molecule has 1 aromatic heterocycles. The number of hydrogen-bond acceptors (Lipinski definition) is 6. The molecule has 126 valence electrons. The summed E-state index contributed by atoms with van der Waals surface area (Å²) < 4.78 is 10.8. The maximum absolute atomic E-state index is 12.0. The second kappa shape index (κ2) is 8.60. The van der Waals surface area contributed by atoms with Crippen LogP contribution >= 0.6 is 27.3 Å². The highest BCUT2D eigenvalue weighted by atomic mass is 79.9. The third-order valence-electron chi connectivity index (χ3n) is 2.96. The van der Waals surface area contributed by atoms with Gasteiger partial charge < -0.3 is 14.8 Å². The minimum atomic E-state index is -0.692. The summed E-state index contributed by atoms with van der Waals surface area (Å²) in [6, 6.07) is 10.0. The molecule has 0 aliphatic rings. The molecule has 0 aliphatic heterocycles. The topological polar surface area (TPSA) is 81.7 Å². The Bertz CT molecular complexity index is 758. The van der Waals surface area contributed by atoms with Crippen molar-refractivity contribution < 1.29 is 23.9 Å². The van der Waals surface area contributed by atoms with Gasteiger partial charge in [0.2, 0.25) is 5.78 Å². The first-order valence-electron chi connectivity index (χ1n) is 6.86. The van der Waals surface area contributed by atoms with Gasteiger partial charge in [-0.2, -0.15) is 0 Å². The zero-order valence-electron chi connectivity index (χ0n) is 12.7. The summed E-state index contributed by atoms with van der Waals surface area (Å²) in [7, 11) is 1.45. The lowest BCUT2D eigenvalue weighted by Gasteiger charge is -2.08. The van der Waals surface area contributed by atoms with Gasteiger partial charge in [-0.05, 0) is 40.2 Å².